The minimum Gasteiger partial charge on any atom is -0.379 e. The Kier molecular flexibility index (Phi) is 11.1. The Morgan fingerprint density at radius 3 is 1.76 bits per heavy atom. The average Bonchev–Trinajstić information content (AvgIpc) is 2.82. The van der Waals surface area contributed by atoms with Crippen molar-refractivity contribution in [3.8, 4) is 5.75 Å². The highest BCUT2D eigenvalue weighted by Gasteiger charge is 2.18. The molecule has 3 aromatic carbocycles. The number of sulfonamides is 1. The molecule has 3 rings (SSSR count). The number of hydrogen-bond donors (Lipinski definition) is 2. The molecule has 33 heavy (non-hydrogen) atoms. The van der Waals surface area contributed by atoms with Crippen molar-refractivity contribution in [3.63, 3.8) is 0 Å². The molecule has 0 aliphatic heterocycles. The van der Waals surface area contributed by atoms with Crippen LogP contribution >= 0.6 is 0 Å². The van der Waals surface area contributed by atoms with Gasteiger partial charge in [0.05, 0.1) is 4.90 Å². The molecule has 10 heteroatoms. The van der Waals surface area contributed by atoms with Crippen LogP contribution in [0.25, 0.3) is 0 Å². The first-order valence-electron chi connectivity index (χ1n) is 10.2. The van der Waals surface area contributed by atoms with Crippen LogP contribution in [0.4, 0.5) is 10.5 Å². The van der Waals surface area contributed by atoms with Crippen LogP contribution in [-0.2, 0) is 20.1 Å². The predicted molar refractivity (Wildman–Crippen MR) is 129 cm³/mol. The van der Waals surface area contributed by atoms with Gasteiger partial charge in [-0.25, -0.2) is 17.9 Å². The molecule has 0 fully saturated rings. The summed E-state index contributed by atoms with van der Waals surface area (Å²) in [6.07, 6.45) is 0. The molecule has 0 aromatic heterocycles. The molecule has 0 heterocycles. The number of urea groups is 1. The number of carbonyl (C=O) groups is 1. The Morgan fingerprint density at radius 2 is 1.21 bits per heavy atom. The van der Waals surface area contributed by atoms with Crippen LogP contribution in [0.2, 0.25) is 0 Å². The van der Waals surface area contributed by atoms with E-state index in [9.17, 15) is 21.6 Å². The molecule has 8 nitrogen and oxygen atoms in total. The molecule has 0 saturated carbocycles. The fourth-order valence-corrected chi connectivity index (χ4v) is 4.20. The van der Waals surface area contributed by atoms with Crippen LogP contribution in [0.1, 0.15) is 27.7 Å². The third kappa shape index (κ3) is 8.59. The van der Waals surface area contributed by atoms with Gasteiger partial charge in [-0.3, -0.25) is 0 Å². The maximum Gasteiger partial charge on any atom is 0.339 e. The lowest BCUT2D eigenvalue weighted by molar-refractivity contribution is 0.256. The number of nitrogens with one attached hydrogen (secondary N) is 2. The van der Waals surface area contributed by atoms with Gasteiger partial charge in [-0.1, -0.05) is 70.2 Å². The summed E-state index contributed by atoms with van der Waals surface area (Å²) in [5.41, 5.74) is 0.145. The smallest absolute Gasteiger partial charge is 0.339 e. The van der Waals surface area contributed by atoms with Crippen molar-refractivity contribution < 1.29 is 25.8 Å². The quantitative estimate of drug-likeness (QED) is 0.467. The van der Waals surface area contributed by atoms with E-state index in [-0.39, 0.29) is 21.2 Å². The normalized spacial score (nSPS) is 10.4. The van der Waals surface area contributed by atoms with E-state index in [0.29, 0.717) is 0 Å². The molecular formula is C23H28N2O6S2. The third-order valence-electron chi connectivity index (χ3n) is 3.61. The largest absolute Gasteiger partial charge is 0.379 e. The van der Waals surface area contributed by atoms with Crippen molar-refractivity contribution >= 4 is 31.9 Å². The molecular weight excluding hydrogens is 464 g/mol. The van der Waals surface area contributed by atoms with Gasteiger partial charge in [0.2, 0.25) is 0 Å². The second kappa shape index (κ2) is 13.2. The predicted octanol–water partition coefficient (Wildman–Crippen LogP) is 5.02. The van der Waals surface area contributed by atoms with Crippen molar-refractivity contribution in [1.82, 2.24) is 4.72 Å². The van der Waals surface area contributed by atoms with Crippen LogP contribution in [0.15, 0.2) is 94.7 Å². The van der Waals surface area contributed by atoms with Gasteiger partial charge < -0.3 is 9.50 Å². The molecule has 0 spiro atoms. The SMILES string of the molecule is CC.CC.O=C(Nc1cccc(OS(=O)(=O)c2ccccc2)c1)NS(=O)(=O)c1ccccc1. The topological polar surface area (TPSA) is 119 Å². The monoisotopic (exact) mass is 492 g/mol. The maximum atomic E-state index is 12.3. The number of benzene rings is 3. The highest BCUT2D eigenvalue weighted by Crippen LogP contribution is 2.22. The van der Waals surface area contributed by atoms with E-state index in [2.05, 4.69) is 5.32 Å². The van der Waals surface area contributed by atoms with E-state index < -0.39 is 26.2 Å². The van der Waals surface area contributed by atoms with Crippen molar-refractivity contribution in [2.45, 2.75) is 37.5 Å². The molecule has 0 atom stereocenters. The summed E-state index contributed by atoms with van der Waals surface area (Å²) in [7, 11) is -8.09. The lowest BCUT2D eigenvalue weighted by Crippen LogP contribution is -2.34. The molecule has 2 N–H and O–H groups in total. The first-order valence-corrected chi connectivity index (χ1v) is 13.1. The fraction of sp³-hybridized carbons (Fsp3) is 0.174. The van der Waals surface area contributed by atoms with E-state index in [4.69, 9.17) is 4.18 Å². The zero-order valence-electron chi connectivity index (χ0n) is 18.8. The van der Waals surface area contributed by atoms with Crippen LogP contribution in [0, 0.1) is 0 Å². The van der Waals surface area contributed by atoms with Gasteiger partial charge in [-0.05, 0) is 36.4 Å². The summed E-state index contributed by atoms with van der Waals surface area (Å²) in [4.78, 5) is 12.0. The van der Waals surface area contributed by atoms with Gasteiger partial charge in [-0.15, -0.1) is 0 Å². The van der Waals surface area contributed by atoms with Gasteiger partial charge in [-0.2, -0.15) is 8.42 Å². The van der Waals surface area contributed by atoms with E-state index in [1.807, 2.05) is 32.4 Å². The molecule has 0 unspecified atom stereocenters. The first-order chi connectivity index (χ1) is 15.8. The zero-order valence-corrected chi connectivity index (χ0v) is 20.5. The van der Waals surface area contributed by atoms with E-state index in [0.717, 1.165) is 0 Å². The second-order valence-electron chi connectivity index (χ2n) is 5.75. The highest BCUT2D eigenvalue weighted by molar-refractivity contribution is 7.90. The molecule has 0 saturated heterocycles. The molecule has 2 amide bonds. The van der Waals surface area contributed by atoms with Gasteiger partial charge in [0.1, 0.15) is 10.6 Å². The molecule has 0 aliphatic carbocycles. The number of carbonyl (C=O) groups excluding carboxylic acids is 1. The van der Waals surface area contributed by atoms with E-state index in [1.54, 1.807) is 24.3 Å². The van der Waals surface area contributed by atoms with Gasteiger partial charge in [0.25, 0.3) is 10.0 Å². The van der Waals surface area contributed by atoms with Crippen molar-refractivity contribution in [2.24, 2.45) is 0 Å². The molecule has 0 bridgehead atoms. The summed E-state index contributed by atoms with van der Waals surface area (Å²) >= 11 is 0. The van der Waals surface area contributed by atoms with E-state index in [1.165, 1.54) is 60.7 Å². The Morgan fingerprint density at radius 1 is 0.697 bits per heavy atom. The average molecular weight is 493 g/mol. The lowest BCUT2D eigenvalue weighted by atomic mass is 10.3. The van der Waals surface area contributed by atoms with Crippen LogP contribution in [-0.4, -0.2) is 22.9 Å². The van der Waals surface area contributed by atoms with Crippen LogP contribution in [0.3, 0.4) is 0 Å². The third-order valence-corrected chi connectivity index (χ3v) is 6.22. The first kappa shape index (κ1) is 27.7. The lowest BCUT2D eigenvalue weighted by Gasteiger charge is -2.10. The molecule has 0 radical (unpaired) electrons. The molecule has 0 aliphatic rings. The number of rotatable bonds is 6. The van der Waals surface area contributed by atoms with Gasteiger partial charge >= 0.3 is 16.1 Å². The number of anilines is 1. The number of hydrogen-bond acceptors (Lipinski definition) is 6. The maximum absolute atomic E-state index is 12.3. The Hall–Kier alpha value is -3.37. The van der Waals surface area contributed by atoms with Gasteiger partial charge in [0.15, 0.2) is 0 Å². The minimum atomic E-state index is -4.05. The van der Waals surface area contributed by atoms with E-state index >= 15 is 0 Å². The van der Waals surface area contributed by atoms with Crippen LogP contribution < -0.4 is 14.2 Å². The Balaban J connectivity index is 0.00000129. The number of amides is 2. The standard InChI is InChI=1S/C19H16N2O6S2.2C2H6/c22-19(21-28(23,24)17-10-3-1-4-11-17)20-15-8-7-9-16(14-15)27-29(25,26)18-12-5-2-6-13-18;2*1-2/h1-14H,(H2,20,21,22);2*1-2H3. The summed E-state index contributed by atoms with van der Waals surface area (Å²) in [6, 6.07) is 19.5. The summed E-state index contributed by atoms with van der Waals surface area (Å²) in [5.74, 6) is -0.0439. The second-order valence-corrected chi connectivity index (χ2v) is 8.98. The summed E-state index contributed by atoms with van der Waals surface area (Å²) < 4.78 is 55.8. The summed E-state index contributed by atoms with van der Waals surface area (Å²) in [5, 5.41) is 2.33. The minimum absolute atomic E-state index is 0.0231. The zero-order chi connectivity index (χ0) is 24.9. The fourth-order valence-electron chi connectivity index (χ4n) is 2.32. The van der Waals surface area contributed by atoms with Crippen molar-refractivity contribution in [2.75, 3.05) is 5.32 Å². The van der Waals surface area contributed by atoms with Crippen molar-refractivity contribution in [1.29, 1.82) is 0 Å². The summed E-state index contributed by atoms with van der Waals surface area (Å²) in [6.45, 7) is 8.00. The van der Waals surface area contributed by atoms with Gasteiger partial charge in [0, 0.05) is 11.8 Å². The molecule has 3 aromatic rings. The van der Waals surface area contributed by atoms with Crippen molar-refractivity contribution in [3.05, 3.63) is 84.9 Å². The molecule has 178 valence electrons. The highest BCUT2D eigenvalue weighted by atomic mass is 32.2. The van der Waals surface area contributed by atoms with Crippen LogP contribution in [0.5, 0.6) is 5.75 Å². The Labute approximate surface area is 195 Å². The Bertz CT molecular complexity index is 1210.